The van der Waals surface area contributed by atoms with Crippen molar-refractivity contribution in [1.82, 2.24) is 5.32 Å². The number of hydrogen-bond donors (Lipinski definition) is 1. The highest BCUT2D eigenvalue weighted by atomic mass is 79.9. The van der Waals surface area contributed by atoms with Gasteiger partial charge in [0.2, 0.25) is 0 Å². The fourth-order valence-corrected chi connectivity index (χ4v) is 1.94. The molecule has 0 bridgehead atoms. The highest BCUT2D eigenvalue weighted by Crippen LogP contribution is 2.19. The summed E-state index contributed by atoms with van der Waals surface area (Å²) in [7, 11) is 1.93. The van der Waals surface area contributed by atoms with Gasteiger partial charge in [0.25, 0.3) is 0 Å². The van der Waals surface area contributed by atoms with Gasteiger partial charge < -0.3 is 14.8 Å². The van der Waals surface area contributed by atoms with E-state index in [0.717, 1.165) is 11.0 Å². The molecule has 0 aliphatic rings. The van der Waals surface area contributed by atoms with Gasteiger partial charge in [-0.15, -0.1) is 0 Å². The lowest BCUT2D eigenvalue weighted by molar-refractivity contribution is -0.0516. The van der Waals surface area contributed by atoms with Crippen molar-refractivity contribution < 1.29 is 9.47 Å². The van der Waals surface area contributed by atoms with Gasteiger partial charge >= 0.3 is 0 Å². The van der Waals surface area contributed by atoms with Crippen LogP contribution >= 0.6 is 15.9 Å². The average molecular weight is 330 g/mol. The van der Waals surface area contributed by atoms with E-state index in [2.05, 4.69) is 33.4 Å². The third kappa shape index (κ3) is 7.06. The van der Waals surface area contributed by atoms with Crippen LogP contribution in [0.25, 0.3) is 0 Å². The maximum absolute atomic E-state index is 5.90. The molecule has 0 fully saturated rings. The van der Waals surface area contributed by atoms with Gasteiger partial charge in [0.15, 0.2) is 0 Å². The van der Waals surface area contributed by atoms with Crippen LogP contribution in [0.2, 0.25) is 0 Å². The molecule has 0 saturated carbocycles. The molecule has 1 aromatic carbocycles. The molecule has 4 heteroatoms. The van der Waals surface area contributed by atoms with Crippen LogP contribution < -0.4 is 5.32 Å². The smallest absolute Gasteiger partial charge is 0.0950 e. The maximum atomic E-state index is 5.90. The fraction of sp³-hybridized carbons (Fsp3) is 0.600. The number of ether oxygens (including phenoxy) is 2. The van der Waals surface area contributed by atoms with Gasteiger partial charge in [-0.25, -0.2) is 0 Å². The molecule has 3 nitrogen and oxygen atoms in total. The summed E-state index contributed by atoms with van der Waals surface area (Å²) in [6.45, 7) is 8.14. The first kappa shape index (κ1) is 16.6. The molecule has 0 radical (unpaired) electrons. The predicted molar refractivity (Wildman–Crippen MR) is 82.5 cm³/mol. The van der Waals surface area contributed by atoms with Crippen molar-refractivity contribution in [2.75, 3.05) is 26.8 Å². The molecule has 0 aromatic heterocycles. The summed E-state index contributed by atoms with van der Waals surface area (Å²) in [5, 5.41) is 3.16. The molecule has 19 heavy (non-hydrogen) atoms. The van der Waals surface area contributed by atoms with Crippen LogP contribution in [-0.4, -0.2) is 32.4 Å². The zero-order chi connectivity index (χ0) is 14.3. The molecule has 108 valence electrons. The molecule has 0 heterocycles. The van der Waals surface area contributed by atoms with Gasteiger partial charge in [-0.2, -0.15) is 0 Å². The van der Waals surface area contributed by atoms with E-state index in [1.807, 2.05) is 40.0 Å². The zero-order valence-corrected chi connectivity index (χ0v) is 13.8. The third-order valence-corrected chi connectivity index (χ3v) is 3.10. The molecule has 1 unspecified atom stereocenters. The van der Waals surface area contributed by atoms with Crippen molar-refractivity contribution in [2.45, 2.75) is 32.5 Å². The first-order valence-electron chi connectivity index (χ1n) is 6.58. The highest BCUT2D eigenvalue weighted by molar-refractivity contribution is 9.10. The zero-order valence-electron chi connectivity index (χ0n) is 12.2. The molecular weight excluding hydrogens is 306 g/mol. The molecule has 0 amide bonds. The Kier molecular flexibility index (Phi) is 7.00. The molecule has 0 aliphatic heterocycles. The number of halogens is 1. The second kappa shape index (κ2) is 8.00. The van der Waals surface area contributed by atoms with Gasteiger partial charge in [0, 0.05) is 11.0 Å². The van der Waals surface area contributed by atoms with Crippen LogP contribution in [0.15, 0.2) is 28.7 Å². The van der Waals surface area contributed by atoms with E-state index in [-0.39, 0.29) is 11.7 Å². The number of benzene rings is 1. The molecule has 1 rings (SSSR count). The minimum absolute atomic E-state index is 0.0571. The van der Waals surface area contributed by atoms with E-state index in [0.29, 0.717) is 13.2 Å². The molecule has 0 aliphatic carbocycles. The van der Waals surface area contributed by atoms with Crippen molar-refractivity contribution in [3.63, 3.8) is 0 Å². The van der Waals surface area contributed by atoms with Crippen LogP contribution in [-0.2, 0) is 9.47 Å². The normalized spacial score (nSPS) is 13.5. The van der Waals surface area contributed by atoms with E-state index < -0.39 is 0 Å². The Morgan fingerprint density at radius 1 is 1.16 bits per heavy atom. The maximum Gasteiger partial charge on any atom is 0.0950 e. The van der Waals surface area contributed by atoms with E-state index in [4.69, 9.17) is 9.47 Å². The van der Waals surface area contributed by atoms with Gasteiger partial charge in [-0.3, -0.25) is 0 Å². The van der Waals surface area contributed by atoms with E-state index in [9.17, 15) is 0 Å². The lowest BCUT2D eigenvalue weighted by Gasteiger charge is -2.22. The van der Waals surface area contributed by atoms with Crippen LogP contribution in [0.1, 0.15) is 32.4 Å². The Hall–Kier alpha value is -0.420. The Labute approximate surface area is 124 Å². The van der Waals surface area contributed by atoms with Gasteiger partial charge in [-0.1, -0.05) is 28.1 Å². The number of nitrogens with one attached hydrogen (secondary N) is 1. The van der Waals surface area contributed by atoms with Crippen molar-refractivity contribution in [3.8, 4) is 0 Å². The van der Waals surface area contributed by atoms with Crippen molar-refractivity contribution in [2.24, 2.45) is 0 Å². The van der Waals surface area contributed by atoms with Crippen LogP contribution in [0, 0.1) is 0 Å². The summed E-state index contributed by atoms with van der Waals surface area (Å²) in [5.41, 5.74) is 1.06. The summed E-state index contributed by atoms with van der Waals surface area (Å²) >= 11 is 3.44. The Morgan fingerprint density at radius 2 is 1.79 bits per heavy atom. The van der Waals surface area contributed by atoms with Gasteiger partial charge in [0.1, 0.15) is 0 Å². The average Bonchev–Trinajstić information content (AvgIpc) is 2.33. The number of hydrogen-bond acceptors (Lipinski definition) is 3. The SMILES string of the molecule is CNCC(OCCOC(C)(C)C)c1ccc(Br)cc1. The summed E-state index contributed by atoms with van der Waals surface area (Å²) in [6.07, 6.45) is 0.0571. The van der Waals surface area contributed by atoms with Crippen LogP contribution in [0.5, 0.6) is 0 Å². The Balaban J connectivity index is 2.47. The lowest BCUT2D eigenvalue weighted by atomic mass is 10.1. The molecule has 0 saturated heterocycles. The van der Waals surface area contributed by atoms with Crippen molar-refractivity contribution >= 4 is 15.9 Å². The van der Waals surface area contributed by atoms with Crippen LogP contribution in [0.4, 0.5) is 0 Å². The van der Waals surface area contributed by atoms with Gasteiger partial charge in [0.05, 0.1) is 24.9 Å². The molecule has 0 spiro atoms. The van der Waals surface area contributed by atoms with Crippen molar-refractivity contribution in [3.05, 3.63) is 34.3 Å². The predicted octanol–water partition coefficient (Wildman–Crippen LogP) is 3.54. The molecule has 1 atom stereocenters. The van der Waals surface area contributed by atoms with E-state index in [1.165, 1.54) is 5.56 Å². The highest BCUT2D eigenvalue weighted by Gasteiger charge is 2.13. The minimum Gasteiger partial charge on any atom is -0.373 e. The second-order valence-corrected chi connectivity index (χ2v) is 6.35. The first-order valence-corrected chi connectivity index (χ1v) is 7.37. The summed E-state index contributed by atoms with van der Waals surface area (Å²) in [6, 6.07) is 8.23. The second-order valence-electron chi connectivity index (χ2n) is 5.43. The lowest BCUT2D eigenvalue weighted by Crippen LogP contribution is -2.25. The largest absolute Gasteiger partial charge is 0.373 e. The monoisotopic (exact) mass is 329 g/mol. The molecular formula is C15H24BrNO2. The van der Waals surface area contributed by atoms with Crippen LogP contribution in [0.3, 0.4) is 0 Å². The minimum atomic E-state index is -0.112. The van der Waals surface area contributed by atoms with E-state index in [1.54, 1.807) is 0 Å². The number of rotatable bonds is 7. The van der Waals surface area contributed by atoms with Crippen molar-refractivity contribution in [1.29, 1.82) is 0 Å². The quantitative estimate of drug-likeness (QED) is 0.776. The first-order chi connectivity index (χ1) is 8.92. The topological polar surface area (TPSA) is 30.5 Å². The molecule has 1 N–H and O–H groups in total. The Morgan fingerprint density at radius 3 is 2.32 bits per heavy atom. The number of likely N-dealkylation sites (N-methyl/N-ethyl adjacent to an activating group) is 1. The van der Waals surface area contributed by atoms with E-state index >= 15 is 0 Å². The summed E-state index contributed by atoms with van der Waals surface area (Å²) in [4.78, 5) is 0. The summed E-state index contributed by atoms with van der Waals surface area (Å²) < 4.78 is 12.6. The fourth-order valence-electron chi connectivity index (χ4n) is 1.67. The van der Waals surface area contributed by atoms with Gasteiger partial charge in [-0.05, 0) is 45.5 Å². The summed E-state index contributed by atoms with van der Waals surface area (Å²) in [5.74, 6) is 0. The Bertz CT molecular complexity index is 359. The third-order valence-electron chi connectivity index (χ3n) is 2.57. The standard InChI is InChI=1S/C15H24BrNO2/c1-15(2,3)19-10-9-18-14(11-17-4)12-5-7-13(16)8-6-12/h5-8,14,17H,9-11H2,1-4H3. The molecule has 1 aromatic rings.